The molecule has 0 amide bonds. The Kier molecular flexibility index (Phi) is 4.24. The van der Waals surface area contributed by atoms with Gasteiger partial charge in [0.05, 0.1) is 0 Å². The van der Waals surface area contributed by atoms with Crippen molar-refractivity contribution < 1.29 is 0 Å². The molecule has 0 N–H and O–H groups in total. The average molecular weight is 272 g/mol. The SMILES string of the molecule is [AsH2]CCC(c1ccccc1)c1ccccc1. The second-order valence-electron chi connectivity index (χ2n) is 3.95. The molecule has 0 aliphatic carbocycles. The number of benzene rings is 2. The summed E-state index contributed by atoms with van der Waals surface area (Å²) < 4.78 is 0. The van der Waals surface area contributed by atoms with E-state index < -0.39 is 0 Å². The van der Waals surface area contributed by atoms with Crippen LogP contribution < -0.4 is 0 Å². The van der Waals surface area contributed by atoms with E-state index in [1.165, 1.54) is 22.8 Å². The van der Waals surface area contributed by atoms with Crippen molar-refractivity contribution in [2.24, 2.45) is 0 Å². The molecule has 0 saturated heterocycles. The number of hydrogen-bond donors (Lipinski definition) is 0. The van der Waals surface area contributed by atoms with Gasteiger partial charge in [-0.15, -0.1) is 0 Å². The van der Waals surface area contributed by atoms with Crippen LogP contribution in [0.4, 0.5) is 0 Å². The molecule has 0 bridgehead atoms. The Hall–Kier alpha value is -1.00. The molecule has 1 heteroatoms. The topological polar surface area (TPSA) is 0 Å². The van der Waals surface area contributed by atoms with Gasteiger partial charge in [-0.05, 0) is 0 Å². The predicted octanol–water partition coefficient (Wildman–Crippen LogP) is 3.26. The molecule has 1 unspecified atom stereocenters. The summed E-state index contributed by atoms with van der Waals surface area (Å²) in [4.78, 5) is 0. The third-order valence-electron chi connectivity index (χ3n) is 2.86. The third kappa shape index (κ3) is 2.77. The number of hydrogen-bond acceptors (Lipinski definition) is 0. The van der Waals surface area contributed by atoms with Crippen molar-refractivity contribution in [2.75, 3.05) is 0 Å². The van der Waals surface area contributed by atoms with Crippen LogP contribution in [0.1, 0.15) is 23.5 Å². The molecule has 0 fully saturated rings. The van der Waals surface area contributed by atoms with Crippen LogP contribution >= 0.6 is 0 Å². The van der Waals surface area contributed by atoms with Gasteiger partial charge in [-0.1, -0.05) is 0 Å². The van der Waals surface area contributed by atoms with E-state index >= 15 is 0 Å². The molecule has 0 heterocycles. The van der Waals surface area contributed by atoms with E-state index in [0.717, 1.165) is 0 Å². The van der Waals surface area contributed by atoms with Crippen LogP contribution in [0.2, 0.25) is 5.21 Å². The summed E-state index contributed by atoms with van der Waals surface area (Å²) in [6.07, 6.45) is 1.24. The second kappa shape index (κ2) is 5.91. The van der Waals surface area contributed by atoms with Crippen LogP contribution in [0.15, 0.2) is 60.7 Å². The van der Waals surface area contributed by atoms with Crippen LogP contribution in [0, 0.1) is 0 Å². The quantitative estimate of drug-likeness (QED) is 0.749. The Morgan fingerprint density at radius 2 is 1.19 bits per heavy atom. The molecule has 2 rings (SSSR count). The van der Waals surface area contributed by atoms with Crippen molar-refractivity contribution in [2.45, 2.75) is 17.5 Å². The van der Waals surface area contributed by atoms with Crippen LogP contribution in [-0.4, -0.2) is 16.9 Å². The molecule has 0 spiro atoms. The first kappa shape index (κ1) is 11.5. The van der Waals surface area contributed by atoms with Crippen molar-refractivity contribution in [3.05, 3.63) is 71.8 Å². The van der Waals surface area contributed by atoms with Gasteiger partial charge in [0.2, 0.25) is 0 Å². The van der Waals surface area contributed by atoms with Crippen LogP contribution in [0.3, 0.4) is 0 Å². The van der Waals surface area contributed by atoms with Gasteiger partial charge in [-0.25, -0.2) is 0 Å². The normalized spacial score (nSPS) is 10.6. The minimum absolute atomic E-state index is 0.564. The summed E-state index contributed by atoms with van der Waals surface area (Å²) in [5.74, 6) is 0.564. The van der Waals surface area contributed by atoms with E-state index in [4.69, 9.17) is 0 Å². The molecule has 0 nitrogen and oxygen atoms in total. The van der Waals surface area contributed by atoms with Crippen molar-refractivity contribution >= 4 is 16.9 Å². The first-order valence-corrected chi connectivity index (χ1v) is 7.43. The molecule has 2 aromatic carbocycles. The molecule has 0 aromatic heterocycles. The van der Waals surface area contributed by atoms with Crippen LogP contribution in [0.25, 0.3) is 0 Å². The van der Waals surface area contributed by atoms with Gasteiger partial charge in [0.25, 0.3) is 0 Å². The molecule has 0 aliphatic heterocycles. The zero-order valence-electron chi connectivity index (χ0n) is 9.34. The van der Waals surface area contributed by atoms with Crippen molar-refractivity contribution in [3.63, 3.8) is 0 Å². The van der Waals surface area contributed by atoms with E-state index in [1.54, 1.807) is 0 Å². The van der Waals surface area contributed by atoms with Gasteiger partial charge in [0.15, 0.2) is 0 Å². The third-order valence-corrected chi connectivity index (χ3v) is 3.56. The van der Waals surface area contributed by atoms with Gasteiger partial charge in [0, 0.05) is 0 Å². The van der Waals surface area contributed by atoms with Gasteiger partial charge in [-0.3, -0.25) is 0 Å². The Bertz CT molecular complexity index is 368. The fraction of sp³-hybridized carbons (Fsp3) is 0.200. The Morgan fingerprint density at radius 1 is 0.750 bits per heavy atom. The van der Waals surface area contributed by atoms with Crippen molar-refractivity contribution in [1.82, 2.24) is 0 Å². The maximum absolute atomic E-state index is 2.24. The van der Waals surface area contributed by atoms with Crippen molar-refractivity contribution in [1.29, 1.82) is 0 Å². The number of rotatable bonds is 4. The summed E-state index contributed by atoms with van der Waals surface area (Å²) in [6.45, 7) is 0. The summed E-state index contributed by atoms with van der Waals surface area (Å²) in [7, 11) is 0. The molecular formula is C15H17As. The molecule has 0 aliphatic rings. The maximum atomic E-state index is 2.24. The van der Waals surface area contributed by atoms with E-state index in [1.807, 2.05) is 16.9 Å². The predicted molar refractivity (Wildman–Crippen MR) is 72.7 cm³/mol. The van der Waals surface area contributed by atoms with Crippen LogP contribution in [-0.2, 0) is 0 Å². The standard InChI is InChI=1S/C15H17As/c16-12-11-15(13-7-3-1-4-8-13)14-9-5-2-6-10-14/h1-10,15H,11-12,16H2. The van der Waals surface area contributed by atoms with Gasteiger partial charge < -0.3 is 0 Å². The average Bonchev–Trinajstić information content (AvgIpc) is 2.38. The molecule has 0 radical (unpaired) electrons. The molecule has 16 heavy (non-hydrogen) atoms. The summed E-state index contributed by atoms with van der Waals surface area (Å²) in [5, 5.41) is 1.28. The monoisotopic (exact) mass is 272 g/mol. The zero-order valence-corrected chi connectivity index (χ0v) is 11.8. The minimum atomic E-state index is 0.564. The van der Waals surface area contributed by atoms with Gasteiger partial charge in [-0.2, -0.15) is 0 Å². The Labute approximate surface area is 106 Å². The fourth-order valence-corrected chi connectivity index (χ4v) is 2.76. The Balaban J connectivity index is 2.31. The first-order valence-electron chi connectivity index (χ1n) is 5.72. The molecule has 82 valence electrons. The summed E-state index contributed by atoms with van der Waals surface area (Å²) in [5.41, 5.74) is 2.87. The van der Waals surface area contributed by atoms with E-state index in [2.05, 4.69) is 60.7 Å². The molecular weight excluding hydrogens is 255 g/mol. The zero-order chi connectivity index (χ0) is 11.2. The van der Waals surface area contributed by atoms with Gasteiger partial charge in [0.1, 0.15) is 0 Å². The van der Waals surface area contributed by atoms with E-state index in [9.17, 15) is 0 Å². The fourth-order valence-electron chi connectivity index (χ4n) is 2.06. The van der Waals surface area contributed by atoms with Crippen molar-refractivity contribution in [3.8, 4) is 0 Å². The molecule has 2 aromatic rings. The first-order chi connectivity index (χ1) is 7.92. The van der Waals surface area contributed by atoms with E-state index in [-0.39, 0.29) is 0 Å². The Morgan fingerprint density at radius 3 is 1.56 bits per heavy atom. The summed E-state index contributed by atoms with van der Waals surface area (Å²) >= 11 is 1.82. The molecule has 0 saturated carbocycles. The van der Waals surface area contributed by atoms with E-state index in [0.29, 0.717) is 5.92 Å². The summed E-state index contributed by atoms with van der Waals surface area (Å²) in [6, 6.07) is 21.6. The second-order valence-corrected chi connectivity index (χ2v) is 5.16. The van der Waals surface area contributed by atoms with Crippen LogP contribution in [0.5, 0.6) is 0 Å². The van der Waals surface area contributed by atoms with Gasteiger partial charge >= 0.3 is 106 Å². The molecule has 1 atom stereocenters.